The largest absolute Gasteiger partial charge is 0.465 e. The average molecular weight is 508 g/mol. The first-order chi connectivity index (χ1) is 15.4. The number of benzene rings is 2. The molecule has 33 heavy (non-hydrogen) atoms. The summed E-state index contributed by atoms with van der Waals surface area (Å²) in [7, 11) is -0.668. The van der Waals surface area contributed by atoms with Crippen LogP contribution in [0.15, 0.2) is 48.0 Å². The zero-order valence-electron chi connectivity index (χ0n) is 20.1. The van der Waals surface area contributed by atoms with Gasteiger partial charge in [-0.3, -0.25) is 4.79 Å². The molecule has 4 nitrogen and oxygen atoms in total. The highest BCUT2D eigenvalue weighted by Gasteiger charge is 2.37. The van der Waals surface area contributed by atoms with Crippen molar-refractivity contribution in [3.05, 3.63) is 74.8 Å². The van der Waals surface area contributed by atoms with E-state index in [1.165, 1.54) is 13.2 Å². The van der Waals surface area contributed by atoms with Crippen LogP contribution in [-0.2, 0) is 31.8 Å². The Morgan fingerprint density at radius 1 is 0.970 bits per heavy atom. The van der Waals surface area contributed by atoms with Crippen molar-refractivity contribution in [3.8, 4) is 0 Å². The Morgan fingerprint density at radius 3 is 2.09 bits per heavy atom. The molecule has 0 heterocycles. The summed E-state index contributed by atoms with van der Waals surface area (Å²) in [6.07, 6.45) is 2.02. The predicted octanol–water partition coefficient (Wildman–Crippen LogP) is 7.27. The average Bonchev–Trinajstić information content (AvgIpc) is 2.75. The monoisotopic (exact) mass is 506 g/mol. The highest BCUT2D eigenvalue weighted by atomic mass is 35.5. The van der Waals surface area contributed by atoms with E-state index in [-0.39, 0.29) is 22.8 Å². The molecule has 0 radical (unpaired) electrons. The highest BCUT2D eigenvalue weighted by Crippen LogP contribution is 2.37. The van der Waals surface area contributed by atoms with Gasteiger partial charge in [-0.05, 0) is 53.9 Å². The van der Waals surface area contributed by atoms with Gasteiger partial charge in [-0.2, -0.15) is 0 Å². The van der Waals surface area contributed by atoms with Crippen molar-refractivity contribution in [1.82, 2.24) is 0 Å². The number of ether oxygens (including phenoxy) is 1. The SMILES string of the molecule is COC(=O)/C(=C\c1c(Cl)cccc1Cl)C(=O)CCc1ccccc1CO[Si](C)(C)C(C)(C)C. The summed E-state index contributed by atoms with van der Waals surface area (Å²) in [4.78, 5) is 25.4. The van der Waals surface area contributed by atoms with Crippen molar-refractivity contribution in [3.63, 3.8) is 0 Å². The summed E-state index contributed by atoms with van der Waals surface area (Å²) in [6, 6.07) is 12.9. The molecular weight excluding hydrogens is 475 g/mol. The minimum Gasteiger partial charge on any atom is -0.465 e. The van der Waals surface area contributed by atoms with Crippen LogP contribution < -0.4 is 0 Å². The van der Waals surface area contributed by atoms with Gasteiger partial charge in [-0.25, -0.2) is 4.79 Å². The van der Waals surface area contributed by atoms with Gasteiger partial charge in [0.25, 0.3) is 0 Å². The third-order valence-electron chi connectivity index (χ3n) is 6.13. The van der Waals surface area contributed by atoms with E-state index in [1.807, 2.05) is 24.3 Å². The number of ketones is 1. The van der Waals surface area contributed by atoms with Gasteiger partial charge in [0.05, 0.1) is 13.7 Å². The van der Waals surface area contributed by atoms with Crippen LogP contribution in [0.3, 0.4) is 0 Å². The molecule has 2 aromatic carbocycles. The number of hydrogen-bond acceptors (Lipinski definition) is 4. The fraction of sp³-hybridized carbons (Fsp3) is 0.385. The van der Waals surface area contributed by atoms with Crippen molar-refractivity contribution in [2.45, 2.75) is 58.4 Å². The van der Waals surface area contributed by atoms with Gasteiger partial charge in [-0.1, -0.05) is 74.3 Å². The number of carbonyl (C=O) groups excluding carboxylic acids is 2. The molecule has 0 aliphatic carbocycles. The molecule has 0 aliphatic heterocycles. The van der Waals surface area contributed by atoms with E-state index < -0.39 is 14.3 Å². The fourth-order valence-electron chi connectivity index (χ4n) is 2.96. The molecule has 0 spiro atoms. The summed E-state index contributed by atoms with van der Waals surface area (Å²) < 4.78 is 11.2. The summed E-state index contributed by atoms with van der Waals surface area (Å²) in [6.45, 7) is 11.5. The minimum absolute atomic E-state index is 0.0810. The molecule has 0 bridgehead atoms. The zero-order chi connectivity index (χ0) is 24.8. The van der Waals surface area contributed by atoms with Gasteiger partial charge >= 0.3 is 5.97 Å². The number of rotatable bonds is 9. The van der Waals surface area contributed by atoms with E-state index in [1.54, 1.807) is 18.2 Å². The van der Waals surface area contributed by atoms with Crippen LogP contribution in [0.1, 0.15) is 43.9 Å². The molecule has 2 rings (SSSR count). The molecule has 0 aliphatic rings. The predicted molar refractivity (Wildman–Crippen MR) is 138 cm³/mol. The normalized spacial score (nSPS) is 12.5. The first kappa shape index (κ1) is 27.3. The van der Waals surface area contributed by atoms with Gasteiger partial charge in [0.2, 0.25) is 0 Å². The molecule has 0 fully saturated rings. The Morgan fingerprint density at radius 2 is 1.55 bits per heavy atom. The smallest absolute Gasteiger partial charge is 0.341 e. The maximum atomic E-state index is 13.0. The van der Waals surface area contributed by atoms with E-state index in [0.29, 0.717) is 28.6 Å². The van der Waals surface area contributed by atoms with Gasteiger partial charge < -0.3 is 9.16 Å². The maximum Gasteiger partial charge on any atom is 0.341 e. The lowest BCUT2D eigenvalue weighted by atomic mass is 9.98. The van der Waals surface area contributed by atoms with Gasteiger partial charge in [0.15, 0.2) is 14.1 Å². The van der Waals surface area contributed by atoms with Crippen LogP contribution in [0.4, 0.5) is 0 Å². The summed E-state index contributed by atoms with van der Waals surface area (Å²) in [5.74, 6) is -1.05. The van der Waals surface area contributed by atoms with E-state index in [2.05, 4.69) is 33.9 Å². The number of carbonyl (C=O) groups is 2. The standard InChI is InChI=1S/C26H32Cl2O4Si/c1-26(2,3)33(5,6)32-17-19-11-8-7-10-18(19)14-15-24(29)21(25(30)31-4)16-20-22(27)12-9-13-23(20)28/h7-13,16H,14-15,17H2,1-6H3/b21-16-. The lowest BCUT2D eigenvalue weighted by Gasteiger charge is -2.36. The molecule has 0 amide bonds. The van der Waals surface area contributed by atoms with Crippen LogP contribution in [-0.4, -0.2) is 27.2 Å². The molecule has 0 atom stereocenters. The van der Waals surface area contributed by atoms with Gasteiger partial charge in [0, 0.05) is 22.0 Å². The first-order valence-electron chi connectivity index (χ1n) is 10.9. The van der Waals surface area contributed by atoms with Crippen molar-refractivity contribution in [2.24, 2.45) is 0 Å². The van der Waals surface area contributed by atoms with Gasteiger partial charge in [-0.15, -0.1) is 0 Å². The molecule has 0 unspecified atom stereocenters. The Hall–Kier alpha value is -1.92. The molecule has 178 valence electrons. The Labute approximate surface area is 208 Å². The summed E-state index contributed by atoms with van der Waals surface area (Å²) in [5.41, 5.74) is 2.40. The third-order valence-corrected chi connectivity index (χ3v) is 11.3. The molecule has 0 aromatic heterocycles. The molecule has 0 saturated carbocycles. The van der Waals surface area contributed by atoms with Crippen LogP contribution in [0.2, 0.25) is 28.2 Å². The number of methoxy groups -OCH3 is 1. The molecular formula is C26H32Cl2O4Si. The van der Waals surface area contributed by atoms with Crippen molar-refractivity contribution >= 4 is 49.3 Å². The van der Waals surface area contributed by atoms with E-state index in [4.69, 9.17) is 32.4 Å². The Balaban J connectivity index is 2.22. The highest BCUT2D eigenvalue weighted by molar-refractivity contribution is 6.74. The lowest BCUT2D eigenvalue weighted by molar-refractivity contribution is -0.137. The maximum absolute atomic E-state index is 13.0. The van der Waals surface area contributed by atoms with Crippen molar-refractivity contribution in [2.75, 3.05) is 7.11 Å². The summed E-state index contributed by atoms with van der Waals surface area (Å²) in [5, 5.41) is 0.813. The van der Waals surface area contributed by atoms with E-state index >= 15 is 0 Å². The Bertz CT molecular complexity index is 1020. The number of Topliss-reactive ketones (excluding diaryl/α,β-unsaturated/α-hetero) is 1. The van der Waals surface area contributed by atoms with E-state index in [9.17, 15) is 9.59 Å². The molecule has 0 saturated heterocycles. The molecule has 2 aromatic rings. The van der Waals surface area contributed by atoms with Crippen molar-refractivity contribution < 1.29 is 18.8 Å². The number of aryl methyl sites for hydroxylation is 1. The molecule has 0 N–H and O–H groups in total. The zero-order valence-corrected chi connectivity index (χ0v) is 22.6. The molecule has 7 heteroatoms. The van der Waals surface area contributed by atoms with Crippen LogP contribution in [0.5, 0.6) is 0 Å². The van der Waals surface area contributed by atoms with Crippen LogP contribution in [0, 0.1) is 0 Å². The second-order valence-electron chi connectivity index (χ2n) is 9.43. The summed E-state index contributed by atoms with van der Waals surface area (Å²) >= 11 is 12.4. The number of hydrogen-bond donors (Lipinski definition) is 0. The number of esters is 1. The second kappa shape index (κ2) is 11.5. The lowest BCUT2D eigenvalue weighted by Crippen LogP contribution is -2.40. The number of halogens is 2. The van der Waals surface area contributed by atoms with Crippen molar-refractivity contribution in [1.29, 1.82) is 0 Å². The van der Waals surface area contributed by atoms with Gasteiger partial charge in [0.1, 0.15) is 5.57 Å². The van der Waals surface area contributed by atoms with Crippen LogP contribution >= 0.6 is 23.2 Å². The fourth-order valence-corrected chi connectivity index (χ4v) is 4.41. The van der Waals surface area contributed by atoms with Crippen LogP contribution in [0.25, 0.3) is 6.08 Å². The van der Waals surface area contributed by atoms with E-state index in [0.717, 1.165) is 11.1 Å². The quantitative estimate of drug-likeness (QED) is 0.118. The third kappa shape index (κ3) is 7.28. The topological polar surface area (TPSA) is 52.6 Å². The first-order valence-corrected chi connectivity index (χ1v) is 14.5. The second-order valence-corrected chi connectivity index (χ2v) is 15.0. The minimum atomic E-state index is -1.91. The Kier molecular flexibility index (Phi) is 9.50.